The van der Waals surface area contributed by atoms with Gasteiger partial charge in [-0.05, 0) is 31.0 Å². The number of aliphatic hydroxyl groups excluding tert-OH is 1. The van der Waals surface area contributed by atoms with E-state index in [1.165, 1.54) is 36.3 Å². The molecule has 10 nitrogen and oxygen atoms in total. The molecule has 2 aromatic rings. The number of Topliss-reactive ketones (excluding diaryl/α,β-unsaturated/α-hetero) is 1. The van der Waals surface area contributed by atoms with Gasteiger partial charge in [-0.1, -0.05) is 24.6 Å². The predicted octanol–water partition coefficient (Wildman–Crippen LogP) is 3.67. The lowest BCUT2D eigenvalue weighted by Crippen LogP contribution is -2.31. The number of aliphatic carboxylic acids is 1. The number of aliphatic hydroxyl groups is 1. The molecule has 1 atom stereocenters. The third kappa shape index (κ3) is 5.06. The zero-order chi connectivity index (χ0) is 24.8. The van der Waals surface area contributed by atoms with Crippen LogP contribution in [-0.4, -0.2) is 51.4 Å². The molecule has 0 aromatic heterocycles. The standard InChI is InChI=1S/C24H24N2O8/c1-34-18-8-5-4-7-17(18)21-20(22(29)15-10-12-16(13-11-15)26(32)33)23(30)24(31)25(21)14-6-2-3-9-19(27)28/h4-5,7-8,10-13,21,29H,2-3,6,9,14H2,1H3,(H,27,28). The molecule has 34 heavy (non-hydrogen) atoms. The molecule has 0 bridgehead atoms. The lowest BCUT2D eigenvalue weighted by Gasteiger charge is -2.26. The first-order valence-corrected chi connectivity index (χ1v) is 10.6. The number of ether oxygens (including phenoxy) is 1. The maximum atomic E-state index is 13.0. The van der Waals surface area contributed by atoms with Crippen molar-refractivity contribution in [3.05, 3.63) is 75.3 Å². The molecule has 2 N–H and O–H groups in total. The van der Waals surface area contributed by atoms with E-state index in [2.05, 4.69) is 0 Å². The zero-order valence-electron chi connectivity index (χ0n) is 18.5. The van der Waals surface area contributed by atoms with Crippen molar-refractivity contribution in [2.24, 2.45) is 0 Å². The summed E-state index contributed by atoms with van der Waals surface area (Å²) in [5.74, 6) is -2.61. The number of hydrogen-bond donors (Lipinski definition) is 2. The Labute approximate surface area is 195 Å². The second-order valence-corrected chi connectivity index (χ2v) is 7.74. The maximum Gasteiger partial charge on any atom is 0.303 e. The van der Waals surface area contributed by atoms with Gasteiger partial charge in [0.15, 0.2) is 0 Å². The molecule has 2 aromatic carbocycles. The number of carbonyl (C=O) groups excluding carboxylic acids is 2. The van der Waals surface area contributed by atoms with E-state index in [0.717, 1.165) is 0 Å². The molecule has 178 valence electrons. The maximum absolute atomic E-state index is 13.0. The number of carboxylic acids is 1. The van der Waals surface area contributed by atoms with Crippen LogP contribution in [0, 0.1) is 10.1 Å². The van der Waals surface area contributed by atoms with Crippen molar-refractivity contribution in [3.63, 3.8) is 0 Å². The molecule has 1 saturated heterocycles. The number of carboxylic acid groups (broad SMARTS) is 1. The number of likely N-dealkylation sites (tertiary alicyclic amines) is 1. The molecule has 1 amide bonds. The van der Waals surface area contributed by atoms with E-state index in [0.29, 0.717) is 30.6 Å². The first kappa shape index (κ1) is 24.4. The van der Waals surface area contributed by atoms with Crippen LogP contribution < -0.4 is 4.74 Å². The van der Waals surface area contributed by atoms with Crippen LogP contribution in [0.2, 0.25) is 0 Å². The van der Waals surface area contributed by atoms with Crippen LogP contribution in [0.4, 0.5) is 5.69 Å². The van der Waals surface area contributed by atoms with Gasteiger partial charge < -0.3 is 19.8 Å². The highest BCUT2D eigenvalue weighted by Crippen LogP contribution is 2.42. The Kier molecular flexibility index (Phi) is 7.62. The quantitative estimate of drug-likeness (QED) is 0.134. The number of amides is 1. The van der Waals surface area contributed by atoms with Gasteiger partial charge in [0.05, 0.1) is 23.6 Å². The highest BCUT2D eigenvalue weighted by molar-refractivity contribution is 6.46. The van der Waals surface area contributed by atoms with Crippen LogP contribution in [0.25, 0.3) is 5.76 Å². The average molecular weight is 468 g/mol. The van der Waals surface area contributed by atoms with E-state index < -0.39 is 34.4 Å². The highest BCUT2D eigenvalue weighted by atomic mass is 16.6. The Morgan fingerprint density at radius 3 is 2.35 bits per heavy atom. The number of methoxy groups -OCH3 is 1. The number of nitro benzene ring substituents is 1. The second-order valence-electron chi connectivity index (χ2n) is 7.74. The van der Waals surface area contributed by atoms with Gasteiger partial charge in [-0.25, -0.2) is 0 Å². The number of para-hydroxylation sites is 1. The minimum absolute atomic E-state index is 0.00883. The molecular formula is C24H24N2O8. The highest BCUT2D eigenvalue weighted by Gasteiger charge is 2.46. The molecule has 10 heteroatoms. The van der Waals surface area contributed by atoms with Gasteiger partial charge in [-0.2, -0.15) is 0 Å². The molecule has 1 unspecified atom stereocenters. The Morgan fingerprint density at radius 2 is 1.74 bits per heavy atom. The number of non-ortho nitro benzene ring substituents is 1. The summed E-state index contributed by atoms with van der Waals surface area (Å²) >= 11 is 0. The summed E-state index contributed by atoms with van der Waals surface area (Å²) in [6, 6.07) is 10.9. The molecule has 0 aliphatic carbocycles. The van der Waals surface area contributed by atoms with Crippen LogP contribution in [0.3, 0.4) is 0 Å². The number of nitrogens with zero attached hydrogens (tertiary/aromatic N) is 2. The summed E-state index contributed by atoms with van der Waals surface area (Å²) in [5, 5.41) is 30.8. The summed E-state index contributed by atoms with van der Waals surface area (Å²) in [4.78, 5) is 48.4. The van der Waals surface area contributed by atoms with Crippen molar-refractivity contribution >= 4 is 29.1 Å². The van der Waals surface area contributed by atoms with E-state index in [-0.39, 0.29) is 29.8 Å². The second kappa shape index (κ2) is 10.6. The molecular weight excluding hydrogens is 444 g/mol. The smallest absolute Gasteiger partial charge is 0.303 e. The summed E-state index contributed by atoms with van der Waals surface area (Å²) in [6.45, 7) is 0.171. The van der Waals surface area contributed by atoms with Crippen LogP contribution in [0.1, 0.15) is 42.9 Å². The minimum Gasteiger partial charge on any atom is -0.507 e. The zero-order valence-corrected chi connectivity index (χ0v) is 18.5. The van der Waals surface area contributed by atoms with Crippen molar-refractivity contribution < 1.29 is 34.3 Å². The van der Waals surface area contributed by atoms with Crippen molar-refractivity contribution in [2.45, 2.75) is 31.7 Å². The lowest BCUT2D eigenvalue weighted by atomic mass is 9.94. The number of rotatable bonds is 10. The Balaban J connectivity index is 2.03. The van der Waals surface area contributed by atoms with Gasteiger partial charge >= 0.3 is 5.97 Å². The van der Waals surface area contributed by atoms with Gasteiger partial charge in [0, 0.05) is 36.2 Å². The first-order valence-electron chi connectivity index (χ1n) is 10.6. The first-order chi connectivity index (χ1) is 16.3. The van der Waals surface area contributed by atoms with Crippen LogP contribution in [0.15, 0.2) is 54.1 Å². The van der Waals surface area contributed by atoms with Crippen LogP contribution in [-0.2, 0) is 14.4 Å². The normalized spacial score (nSPS) is 17.1. The average Bonchev–Trinajstić information content (AvgIpc) is 3.08. The fourth-order valence-corrected chi connectivity index (χ4v) is 3.96. The van der Waals surface area contributed by atoms with Gasteiger partial charge in [0.2, 0.25) is 0 Å². The fourth-order valence-electron chi connectivity index (χ4n) is 3.96. The Bertz CT molecular complexity index is 1140. The SMILES string of the molecule is COc1ccccc1C1C(=C(O)c2ccc([N+](=O)[O-])cc2)C(=O)C(=O)N1CCCCCC(=O)O. The predicted molar refractivity (Wildman–Crippen MR) is 121 cm³/mol. The Morgan fingerprint density at radius 1 is 1.06 bits per heavy atom. The van der Waals surface area contributed by atoms with Gasteiger partial charge in [0.25, 0.3) is 17.4 Å². The van der Waals surface area contributed by atoms with E-state index >= 15 is 0 Å². The molecule has 1 aliphatic heterocycles. The minimum atomic E-state index is -0.939. The molecule has 0 saturated carbocycles. The van der Waals surface area contributed by atoms with Crippen molar-refractivity contribution in [1.82, 2.24) is 4.90 Å². The fraction of sp³-hybridized carbons (Fsp3) is 0.292. The van der Waals surface area contributed by atoms with Crippen LogP contribution >= 0.6 is 0 Å². The monoisotopic (exact) mass is 468 g/mol. The molecule has 3 rings (SSSR count). The molecule has 1 aliphatic rings. The molecule has 1 heterocycles. The van der Waals surface area contributed by atoms with Crippen LogP contribution in [0.5, 0.6) is 5.75 Å². The number of unbranched alkanes of at least 4 members (excludes halogenated alkanes) is 2. The van der Waals surface area contributed by atoms with Crippen molar-refractivity contribution in [1.29, 1.82) is 0 Å². The third-order valence-corrected chi connectivity index (χ3v) is 5.61. The number of nitro groups is 1. The van der Waals surface area contributed by atoms with E-state index in [1.807, 2.05) is 0 Å². The van der Waals surface area contributed by atoms with Gasteiger partial charge in [0.1, 0.15) is 11.5 Å². The van der Waals surface area contributed by atoms with E-state index in [9.17, 15) is 29.6 Å². The van der Waals surface area contributed by atoms with Gasteiger partial charge in [-0.3, -0.25) is 24.5 Å². The van der Waals surface area contributed by atoms with E-state index in [4.69, 9.17) is 9.84 Å². The summed E-state index contributed by atoms with van der Waals surface area (Å²) in [5.41, 5.74) is 0.330. The summed E-state index contributed by atoms with van der Waals surface area (Å²) < 4.78 is 5.43. The lowest BCUT2D eigenvalue weighted by molar-refractivity contribution is -0.384. The number of carbonyl (C=O) groups is 3. The largest absolute Gasteiger partial charge is 0.507 e. The molecule has 1 fully saturated rings. The summed E-state index contributed by atoms with van der Waals surface area (Å²) in [7, 11) is 1.45. The number of benzene rings is 2. The Hall–Kier alpha value is -4.21. The van der Waals surface area contributed by atoms with Crippen molar-refractivity contribution in [2.75, 3.05) is 13.7 Å². The number of ketones is 1. The van der Waals surface area contributed by atoms with Gasteiger partial charge in [-0.15, -0.1) is 0 Å². The van der Waals surface area contributed by atoms with Crippen molar-refractivity contribution in [3.8, 4) is 5.75 Å². The molecule has 0 spiro atoms. The summed E-state index contributed by atoms with van der Waals surface area (Å²) in [6.07, 6.45) is 1.44. The van der Waals surface area contributed by atoms with E-state index in [1.54, 1.807) is 24.3 Å². The topological polar surface area (TPSA) is 147 Å². The molecule has 0 radical (unpaired) electrons. The third-order valence-electron chi connectivity index (χ3n) is 5.61. The number of hydrogen-bond acceptors (Lipinski definition) is 7.